The second-order valence-electron chi connectivity index (χ2n) is 7.69. The molecule has 5 nitrogen and oxygen atoms in total. The van der Waals surface area contributed by atoms with Crippen LogP contribution in [-0.2, 0) is 6.54 Å². The molecule has 5 rings (SSSR count). The third-order valence-electron chi connectivity index (χ3n) is 5.37. The van der Waals surface area contributed by atoms with E-state index in [1.165, 1.54) is 5.56 Å². The Bertz CT molecular complexity index is 1300. The highest BCUT2D eigenvalue weighted by Crippen LogP contribution is 2.32. The average Bonchev–Trinajstić information content (AvgIpc) is 3.36. The van der Waals surface area contributed by atoms with Crippen LogP contribution in [0.1, 0.15) is 0 Å². The van der Waals surface area contributed by atoms with Crippen molar-refractivity contribution in [3.05, 3.63) is 104 Å². The molecule has 0 amide bonds. The first-order valence-electron chi connectivity index (χ1n) is 10.6. The quantitative estimate of drug-likeness (QED) is 0.392. The van der Waals surface area contributed by atoms with Crippen molar-refractivity contribution in [1.82, 2.24) is 14.5 Å². The maximum absolute atomic E-state index is 10.2. The SMILES string of the molecule is OC(COc1ccc(-c2cc(-c3ccccc3)c3ccccc3n2)cc1)Cn1ccnc1. The number of fused-ring (bicyclic) bond motifs is 1. The standard InChI is InChI=1S/C27H23N3O2/c31-22(17-30-15-14-28-19-30)18-32-23-12-10-21(11-13-23)27-16-25(20-6-2-1-3-7-20)24-8-4-5-9-26(24)29-27/h1-16,19,22,31H,17-18H2. The molecule has 0 fully saturated rings. The molecular weight excluding hydrogens is 398 g/mol. The van der Waals surface area contributed by atoms with E-state index in [1.54, 1.807) is 12.5 Å². The summed E-state index contributed by atoms with van der Waals surface area (Å²) in [6.45, 7) is 0.658. The summed E-state index contributed by atoms with van der Waals surface area (Å²) in [7, 11) is 0. The van der Waals surface area contributed by atoms with Crippen molar-refractivity contribution in [2.45, 2.75) is 12.6 Å². The van der Waals surface area contributed by atoms with E-state index in [0.29, 0.717) is 12.3 Å². The first kappa shape index (κ1) is 20.0. The van der Waals surface area contributed by atoms with Gasteiger partial charge in [0.15, 0.2) is 0 Å². The molecule has 0 bridgehead atoms. The summed E-state index contributed by atoms with van der Waals surface area (Å²) in [6.07, 6.45) is 4.58. The highest BCUT2D eigenvalue weighted by Gasteiger charge is 2.10. The number of hydrogen-bond donors (Lipinski definition) is 1. The maximum atomic E-state index is 10.2. The van der Waals surface area contributed by atoms with Crippen molar-refractivity contribution in [3.63, 3.8) is 0 Å². The summed E-state index contributed by atoms with van der Waals surface area (Å²) in [5.41, 5.74) is 5.22. The minimum absolute atomic E-state index is 0.212. The van der Waals surface area contributed by atoms with Crippen molar-refractivity contribution in [2.24, 2.45) is 0 Å². The Kier molecular flexibility index (Phi) is 5.64. The molecular formula is C27H23N3O2. The predicted octanol–water partition coefficient (Wildman–Crippen LogP) is 5.21. The highest BCUT2D eigenvalue weighted by molar-refractivity contribution is 5.96. The van der Waals surface area contributed by atoms with Gasteiger partial charge in [-0.2, -0.15) is 0 Å². The zero-order valence-corrected chi connectivity index (χ0v) is 17.5. The van der Waals surface area contributed by atoms with Gasteiger partial charge < -0.3 is 14.4 Å². The smallest absolute Gasteiger partial charge is 0.119 e. The molecule has 1 atom stereocenters. The Morgan fingerprint density at radius 1 is 0.875 bits per heavy atom. The van der Waals surface area contributed by atoms with Crippen LogP contribution in [0.3, 0.4) is 0 Å². The fourth-order valence-electron chi connectivity index (χ4n) is 3.78. The summed E-state index contributed by atoms with van der Waals surface area (Å²) in [5, 5.41) is 11.3. The molecule has 1 N–H and O–H groups in total. The molecule has 3 aromatic carbocycles. The second-order valence-corrected chi connectivity index (χ2v) is 7.69. The number of aliphatic hydroxyl groups is 1. The fourth-order valence-corrected chi connectivity index (χ4v) is 3.78. The molecule has 1 unspecified atom stereocenters. The Labute approximate surface area is 186 Å². The van der Waals surface area contributed by atoms with Crippen LogP contribution in [0.4, 0.5) is 0 Å². The van der Waals surface area contributed by atoms with E-state index in [1.807, 2.05) is 59.3 Å². The number of rotatable bonds is 7. The van der Waals surface area contributed by atoms with E-state index in [4.69, 9.17) is 9.72 Å². The van der Waals surface area contributed by atoms with E-state index in [0.717, 1.165) is 27.7 Å². The Morgan fingerprint density at radius 2 is 1.66 bits per heavy atom. The number of ether oxygens (including phenoxy) is 1. The second kappa shape index (κ2) is 9.04. The fraction of sp³-hybridized carbons (Fsp3) is 0.111. The van der Waals surface area contributed by atoms with Crippen LogP contribution in [0.5, 0.6) is 5.75 Å². The third kappa shape index (κ3) is 4.38. The molecule has 0 spiro atoms. The van der Waals surface area contributed by atoms with Gasteiger partial charge in [-0.3, -0.25) is 0 Å². The number of benzene rings is 3. The lowest BCUT2D eigenvalue weighted by Crippen LogP contribution is -2.22. The predicted molar refractivity (Wildman–Crippen MR) is 126 cm³/mol. The topological polar surface area (TPSA) is 60.2 Å². The first-order valence-corrected chi connectivity index (χ1v) is 10.6. The molecule has 0 aliphatic carbocycles. The number of pyridine rings is 1. The van der Waals surface area contributed by atoms with E-state index in [-0.39, 0.29) is 6.61 Å². The normalized spacial score (nSPS) is 12.0. The largest absolute Gasteiger partial charge is 0.491 e. The van der Waals surface area contributed by atoms with Crippen molar-refractivity contribution in [1.29, 1.82) is 0 Å². The third-order valence-corrected chi connectivity index (χ3v) is 5.37. The summed E-state index contributed by atoms with van der Waals surface area (Å²) in [6, 6.07) is 28.6. The number of para-hydroxylation sites is 1. The Morgan fingerprint density at radius 3 is 2.44 bits per heavy atom. The molecule has 2 heterocycles. The summed E-state index contributed by atoms with van der Waals surface area (Å²) < 4.78 is 7.59. The van der Waals surface area contributed by atoms with Gasteiger partial charge in [0.1, 0.15) is 18.5 Å². The van der Waals surface area contributed by atoms with Crippen LogP contribution >= 0.6 is 0 Å². The van der Waals surface area contributed by atoms with Gasteiger partial charge in [-0.1, -0.05) is 48.5 Å². The Hall–Kier alpha value is -3.96. The van der Waals surface area contributed by atoms with E-state index < -0.39 is 6.10 Å². The highest BCUT2D eigenvalue weighted by atomic mass is 16.5. The van der Waals surface area contributed by atoms with E-state index in [2.05, 4.69) is 41.4 Å². The maximum Gasteiger partial charge on any atom is 0.119 e. The van der Waals surface area contributed by atoms with Gasteiger partial charge in [-0.05, 0) is 47.5 Å². The molecule has 0 radical (unpaired) electrons. The molecule has 2 aromatic heterocycles. The van der Waals surface area contributed by atoms with Crippen molar-refractivity contribution in [2.75, 3.05) is 6.61 Å². The van der Waals surface area contributed by atoms with Gasteiger partial charge in [0.05, 0.1) is 24.1 Å². The van der Waals surface area contributed by atoms with Crippen LogP contribution in [0, 0.1) is 0 Å². The van der Waals surface area contributed by atoms with Gasteiger partial charge in [-0.25, -0.2) is 9.97 Å². The summed E-state index contributed by atoms with van der Waals surface area (Å²) in [5.74, 6) is 0.711. The van der Waals surface area contributed by atoms with Crippen molar-refractivity contribution in [3.8, 4) is 28.1 Å². The van der Waals surface area contributed by atoms with Crippen LogP contribution in [0.2, 0.25) is 0 Å². The van der Waals surface area contributed by atoms with Crippen LogP contribution in [0.15, 0.2) is 104 Å². The van der Waals surface area contributed by atoms with E-state index in [9.17, 15) is 5.11 Å². The van der Waals surface area contributed by atoms with Gasteiger partial charge in [0.2, 0.25) is 0 Å². The number of aromatic nitrogens is 3. The van der Waals surface area contributed by atoms with E-state index >= 15 is 0 Å². The van der Waals surface area contributed by atoms with Crippen molar-refractivity contribution < 1.29 is 9.84 Å². The average molecular weight is 422 g/mol. The molecule has 5 heteroatoms. The molecule has 0 aliphatic rings. The number of imidazole rings is 1. The number of aliphatic hydroxyl groups excluding tert-OH is 1. The zero-order chi connectivity index (χ0) is 21.8. The van der Waals surface area contributed by atoms with Gasteiger partial charge in [0.25, 0.3) is 0 Å². The molecule has 0 saturated carbocycles. The lowest BCUT2D eigenvalue weighted by atomic mass is 9.98. The van der Waals surface area contributed by atoms with Gasteiger partial charge in [-0.15, -0.1) is 0 Å². The zero-order valence-electron chi connectivity index (χ0n) is 17.5. The first-order chi connectivity index (χ1) is 15.8. The minimum Gasteiger partial charge on any atom is -0.491 e. The molecule has 32 heavy (non-hydrogen) atoms. The molecule has 0 aliphatic heterocycles. The Balaban J connectivity index is 1.37. The van der Waals surface area contributed by atoms with Crippen LogP contribution < -0.4 is 4.74 Å². The van der Waals surface area contributed by atoms with Crippen LogP contribution in [0.25, 0.3) is 33.3 Å². The van der Waals surface area contributed by atoms with Crippen LogP contribution in [-0.4, -0.2) is 32.4 Å². The number of nitrogens with zero attached hydrogens (tertiary/aromatic N) is 3. The molecule has 0 saturated heterocycles. The monoisotopic (exact) mass is 421 g/mol. The number of hydrogen-bond acceptors (Lipinski definition) is 4. The van der Waals surface area contributed by atoms with Gasteiger partial charge >= 0.3 is 0 Å². The summed E-state index contributed by atoms with van der Waals surface area (Å²) >= 11 is 0. The molecule has 5 aromatic rings. The van der Waals surface area contributed by atoms with Crippen molar-refractivity contribution >= 4 is 10.9 Å². The minimum atomic E-state index is -0.612. The summed E-state index contributed by atoms with van der Waals surface area (Å²) in [4.78, 5) is 8.87. The molecule has 158 valence electrons. The van der Waals surface area contributed by atoms with Gasteiger partial charge in [0, 0.05) is 23.3 Å². The lowest BCUT2D eigenvalue weighted by molar-refractivity contribution is 0.0925. The lowest BCUT2D eigenvalue weighted by Gasteiger charge is -2.13.